The summed E-state index contributed by atoms with van der Waals surface area (Å²) in [4.78, 5) is 103. The van der Waals surface area contributed by atoms with Crippen molar-refractivity contribution in [1.29, 1.82) is 0 Å². The number of aryl methyl sites for hydroxylation is 2. The maximum absolute atomic E-state index is 14.3. The second-order valence-corrected chi connectivity index (χ2v) is 29.5. The molecule has 2 aromatic heterocycles. The molecule has 20 nitrogen and oxygen atoms in total. The first-order valence-electron chi connectivity index (χ1n) is 34.0. The number of nitrogens with zero attached hydrogens (tertiary/aromatic N) is 6. The number of ether oxygens (including phenoxy) is 6. The van der Waals surface area contributed by atoms with Crippen LogP contribution in [0.4, 0.5) is 9.59 Å². The number of carbonyl (C=O) groups is 4. The van der Waals surface area contributed by atoms with Gasteiger partial charge in [0.25, 0.3) is 0 Å². The van der Waals surface area contributed by atoms with Gasteiger partial charge in [0.1, 0.15) is 59.4 Å². The van der Waals surface area contributed by atoms with Crippen LogP contribution in [0.2, 0.25) is 0 Å². The van der Waals surface area contributed by atoms with E-state index in [1.165, 1.54) is 35.5 Å². The summed E-state index contributed by atoms with van der Waals surface area (Å²) in [5, 5.41) is 5.89. The Kier molecular flexibility index (Phi) is 23.5. The molecule has 0 unspecified atom stereocenters. The topological polar surface area (TPSA) is 240 Å². The molecular formula is C71H96N8O12V2-2. The average molecular weight is 1360 g/mol. The minimum atomic E-state index is -0.895. The molecule has 12 atom stereocenters. The zero-order valence-corrected chi connectivity index (χ0v) is 58.8. The minimum absolute atomic E-state index is 0. The van der Waals surface area contributed by atoms with E-state index in [-0.39, 0.29) is 86.1 Å². The molecule has 6 saturated carbocycles. The van der Waals surface area contributed by atoms with E-state index in [0.29, 0.717) is 89.1 Å². The van der Waals surface area contributed by atoms with Crippen LogP contribution in [0.1, 0.15) is 176 Å². The van der Waals surface area contributed by atoms with Gasteiger partial charge in [-0.25, -0.2) is 42.1 Å². The summed E-state index contributed by atoms with van der Waals surface area (Å²) < 4.78 is 36.5. The fourth-order valence-electron chi connectivity index (χ4n) is 16.6. The van der Waals surface area contributed by atoms with Gasteiger partial charge in [-0.1, -0.05) is 99.6 Å². The van der Waals surface area contributed by atoms with Crippen LogP contribution < -0.4 is 29.6 Å². The average Bonchev–Trinajstić information content (AvgIpc) is 1.78. The van der Waals surface area contributed by atoms with Crippen LogP contribution in [0.5, 0.6) is 23.3 Å². The first kappa shape index (κ1) is 71.6. The Morgan fingerprint density at radius 3 is 1.34 bits per heavy atom. The standard InChI is InChI=1S/C36H49N4O6.C35H47N4O6.2V/c1-6-24-29(20-41)40-19-30(24)45-33-27(37-26-17-16-23(44-5)18-28(26)38-33)11-9-7-8-10-25-21-12-14-22(15-13-21)31(25)46-35(43)39-32(34(40)42)36(2,3)4;1-20-28(19-40)39-18-29(20)44-32-26(36-25-16-15-23(43-5)17-27(25)37-32)10-8-6-7-9-24-21-11-13-22(14-12-21)30(24)45-34(42)38-31(33(39)41)35(2,3)4;;/h16-18,21-22,24-25,29-32H,6-15,19H2,1-5H3,(H,39,43);15-17,20-22,24,28-31H,6-14,18H2,1-5H3,(H,38,42);;/q2*-1;;/t21?,22?,24-,25+,29+,30-,31+,32+;20-,21?,22?,24+,28+,29-,30+,31+;;/m00../s1. The van der Waals surface area contributed by atoms with Crippen LogP contribution >= 0.6 is 0 Å². The smallest absolute Gasteiger partial charge is 0.408 e. The van der Waals surface area contributed by atoms with Crippen molar-refractivity contribution >= 4 is 58.6 Å². The van der Waals surface area contributed by atoms with Gasteiger partial charge in [-0.05, 0) is 172 Å². The van der Waals surface area contributed by atoms with Crippen LogP contribution in [-0.4, -0.2) is 142 Å². The van der Waals surface area contributed by atoms with Crippen molar-refractivity contribution in [3.8, 4) is 23.3 Å². The number of alkyl carbamates (subject to hydrolysis) is 2. The summed E-state index contributed by atoms with van der Waals surface area (Å²) in [5.74, 6) is 3.38. The van der Waals surface area contributed by atoms with Crippen LogP contribution in [0.15, 0.2) is 36.4 Å². The molecule has 2 N–H and O–H groups in total. The van der Waals surface area contributed by atoms with Crippen LogP contribution in [0.25, 0.3) is 22.1 Å². The molecule has 22 heteroatoms. The Morgan fingerprint density at radius 1 is 0.527 bits per heavy atom. The Labute approximate surface area is 572 Å². The third-order valence-corrected chi connectivity index (χ3v) is 21.8. The third-order valence-electron chi connectivity index (χ3n) is 21.8. The van der Waals surface area contributed by atoms with Gasteiger partial charge in [-0.2, -0.15) is 0 Å². The van der Waals surface area contributed by atoms with E-state index in [1.807, 2.05) is 91.8 Å². The molecule has 8 fully saturated rings. The molecule has 504 valence electrons. The Balaban J connectivity index is 0.000000215. The second kappa shape index (κ2) is 30.6. The van der Waals surface area contributed by atoms with Crippen molar-refractivity contribution in [3.63, 3.8) is 0 Å². The van der Waals surface area contributed by atoms with E-state index in [0.717, 1.165) is 99.5 Å². The number of methoxy groups -OCH3 is 2. The van der Waals surface area contributed by atoms with E-state index in [4.69, 9.17) is 48.4 Å². The van der Waals surface area contributed by atoms with Crippen LogP contribution in [-0.2, 0) is 78.6 Å². The number of benzene rings is 2. The SMILES string of the molecule is CC[C@@H]1[C@@H]2CN(C(=O)[C@H](C(C)(C)C)NC(=O)O[C@@H]3C4CCC(CC4)[C@H]3CCCCCc3nc4ccc(OC)cc4nc3O2)[C@@H]1[C-]=O.COc1ccc2nc3c(nc2c1)O[C@H]1CN(C(=O)[C@H](C(C)(C)C)NC(=O)O[C@@H]2C4CCC(CC4)[C@H]2CCCCC3)[C@H]([C-]=O)[C@@H]1C.[V].[V]. The number of fused-ring (bicyclic) bond motifs is 12. The molecule has 2 saturated heterocycles. The van der Waals surface area contributed by atoms with E-state index in [9.17, 15) is 28.8 Å². The molecule has 6 heterocycles. The van der Waals surface area contributed by atoms with Crippen LogP contribution in [0, 0.1) is 58.2 Å². The Hall–Kier alpha value is -5.69. The number of nitrogens with one attached hydrogen (secondary N) is 2. The summed E-state index contributed by atoms with van der Waals surface area (Å²) in [6.45, 7) is 15.7. The summed E-state index contributed by atoms with van der Waals surface area (Å²) in [6, 6.07) is 7.81. The largest absolute Gasteiger partial charge is 0.540 e. The molecule has 10 aliphatic rings. The molecule has 93 heavy (non-hydrogen) atoms. The normalized spacial score (nSPS) is 31.8. The van der Waals surface area contributed by atoms with Gasteiger partial charge >= 0.3 is 12.2 Å². The molecule has 4 amide bonds. The molecule has 14 rings (SSSR count). The maximum atomic E-state index is 14.3. The monoisotopic (exact) mass is 1350 g/mol. The zero-order chi connectivity index (χ0) is 64.5. The molecule has 4 aliphatic heterocycles. The van der Waals surface area contributed by atoms with E-state index in [2.05, 4.69) is 23.2 Å². The first-order valence-corrected chi connectivity index (χ1v) is 34.0. The fourth-order valence-corrected chi connectivity index (χ4v) is 16.6. The molecule has 6 aliphatic carbocycles. The Morgan fingerprint density at radius 2 is 0.935 bits per heavy atom. The molecule has 8 bridgehead atoms. The van der Waals surface area contributed by atoms with Gasteiger partial charge in [0.05, 0.1) is 49.4 Å². The quantitative estimate of drug-likeness (QED) is 0.177. The molecule has 4 aromatic rings. The predicted octanol–water partition coefficient (Wildman–Crippen LogP) is 11.2. The van der Waals surface area contributed by atoms with Gasteiger partial charge in [0.2, 0.25) is 23.6 Å². The summed E-state index contributed by atoms with van der Waals surface area (Å²) in [5.41, 5.74) is 3.13. The second-order valence-electron chi connectivity index (χ2n) is 29.5. The molecule has 2 radical (unpaired) electrons. The van der Waals surface area contributed by atoms with Crippen molar-refractivity contribution in [2.24, 2.45) is 58.2 Å². The predicted molar refractivity (Wildman–Crippen MR) is 342 cm³/mol. The Bertz CT molecular complexity index is 3290. The maximum Gasteiger partial charge on any atom is 0.408 e. The van der Waals surface area contributed by atoms with Gasteiger partial charge < -0.3 is 58.4 Å². The number of aromatic nitrogens is 4. The number of carbonyl (C=O) groups excluding carboxylic acids is 6. The number of hydrogen-bond acceptors (Lipinski definition) is 16. The van der Waals surface area contributed by atoms with Crippen molar-refractivity contribution in [1.82, 2.24) is 40.4 Å². The molecular weight excluding hydrogens is 1260 g/mol. The summed E-state index contributed by atoms with van der Waals surface area (Å²) in [6.07, 6.45) is 20.9. The summed E-state index contributed by atoms with van der Waals surface area (Å²) >= 11 is 0. The van der Waals surface area contributed by atoms with Crippen LogP contribution in [0.3, 0.4) is 0 Å². The van der Waals surface area contributed by atoms with Gasteiger partial charge in [-0.3, -0.25) is 9.59 Å². The molecule has 0 spiro atoms. The van der Waals surface area contributed by atoms with E-state index in [1.54, 1.807) is 14.2 Å². The van der Waals surface area contributed by atoms with Gasteiger partial charge in [-0.15, -0.1) is 0 Å². The van der Waals surface area contributed by atoms with Crippen molar-refractivity contribution in [2.75, 3.05) is 27.3 Å². The zero-order valence-electron chi connectivity index (χ0n) is 56.0. The van der Waals surface area contributed by atoms with E-state index < -0.39 is 59.4 Å². The summed E-state index contributed by atoms with van der Waals surface area (Å²) in [7, 11) is 3.23. The molecule has 2 aromatic carbocycles. The third kappa shape index (κ3) is 15.6. The minimum Gasteiger partial charge on any atom is -0.540 e. The van der Waals surface area contributed by atoms with E-state index >= 15 is 0 Å². The van der Waals surface area contributed by atoms with Crippen molar-refractivity contribution < 1.29 is 94.3 Å². The van der Waals surface area contributed by atoms with Crippen molar-refractivity contribution in [3.05, 3.63) is 47.8 Å². The number of hydrogen-bond donors (Lipinski definition) is 2. The fraction of sp³-hybridized carbons (Fsp3) is 0.690. The van der Waals surface area contributed by atoms with Gasteiger partial charge in [0.15, 0.2) is 0 Å². The van der Waals surface area contributed by atoms with Crippen molar-refractivity contribution in [2.45, 2.75) is 226 Å². The number of amides is 4. The number of rotatable bonds is 5. The van der Waals surface area contributed by atoms with Gasteiger partial charge in [0, 0.05) is 49.2 Å². The first-order chi connectivity index (χ1) is 43.7.